The van der Waals surface area contributed by atoms with Crippen LogP contribution in [0, 0.1) is 5.41 Å². The molecule has 0 aliphatic heterocycles. The maximum Gasteiger partial charge on any atom is 0.333 e. The molecule has 10 fully saturated rings. The van der Waals surface area contributed by atoms with Crippen LogP contribution < -0.4 is 0 Å². The summed E-state index contributed by atoms with van der Waals surface area (Å²) in [6, 6.07) is 0. The van der Waals surface area contributed by atoms with Gasteiger partial charge in [0.05, 0.1) is 0 Å². The molecule has 1 N–H and O–H groups in total. The molecule has 240 valence electrons. The van der Waals surface area contributed by atoms with Crippen molar-refractivity contribution in [2.45, 2.75) is 98.1 Å². The summed E-state index contributed by atoms with van der Waals surface area (Å²) in [5.41, 5.74) is -96.2. The van der Waals surface area contributed by atoms with Crippen LogP contribution in [0.1, 0.15) is 0 Å². The largest absolute Gasteiger partial charge is 0.373 e. The molecule has 1 nitrogen and oxygen atoms in total. The van der Waals surface area contributed by atoms with E-state index in [1.54, 1.807) is 0 Å². The van der Waals surface area contributed by atoms with E-state index in [2.05, 4.69) is 0 Å². The molecule has 10 aliphatic rings. The molecule has 1 spiro atoms. The van der Waals surface area contributed by atoms with Crippen LogP contribution in [0.15, 0.2) is 0 Å². The molecule has 0 amide bonds. The zero-order valence-electron chi connectivity index (χ0n) is 18.1. The smallest absolute Gasteiger partial charge is 0.333 e. The number of hydrogen-bond acceptors (Lipinski definition) is 1. The van der Waals surface area contributed by atoms with E-state index in [0.29, 0.717) is 0 Å². The van der Waals surface area contributed by atoms with Crippen molar-refractivity contribution < 1.29 is 106 Å². The van der Waals surface area contributed by atoms with Crippen LogP contribution >= 0.6 is 0 Å². The first-order valence-corrected chi connectivity index (χ1v) is 10.6. The predicted octanol–water partition coefficient (Wildman–Crippen LogP) is 5.62. The van der Waals surface area contributed by atoms with Gasteiger partial charge in [0.25, 0.3) is 39.6 Å². The summed E-state index contributed by atoms with van der Waals surface area (Å²) in [5.74, 6) is -61.4. The zero-order chi connectivity index (χ0) is 33.0. The van der Waals surface area contributed by atoms with Gasteiger partial charge in [0.2, 0.25) is 11.3 Å². The van der Waals surface area contributed by atoms with Gasteiger partial charge in [-0.3, -0.25) is 0 Å². The number of alkyl halides is 23. The summed E-state index contributed by atoms with van der Waals surface area (Å²) in [6.07, 6.45) is 0. The molecule has 0 aromatic rings. The number of rotatable bonds is 0. The van der Waals surface area contributed by atoms with Gasteiger partial charge in [0, 0.05) is 0 Å². The molecule has 24 heteroatoms. The summed E-state index contributed by atoms with van der Waals surface area (Å²) < 4.78 is 360. The molecule has 6 atom stereocenters. The summed E-state index contributed by atoms with van der Waals surface area (Å²) in [7, 11) is 0. The Morgan fingerprint density at radius 3 is 0.714 bits per heavy atom. The maximum absolute atomic E-state index is 16.7. The van der Waals surface area contributed by atoms with Crippen molar-refractivity contribution in [2.24, 2.45) is 5.41 Å². The van der Waals surface area contributed by atoms with Gasteiger partial charge >= 0.3 is 47.1 Å². The lowest BCUT2D eigenvalue weighted by molar-refractivity contribution is -0.721. The first-order chi connectivity index (χ1) is 18.0. The van der Waals surface area contributed by atoms with Crippen molar-refractivity contribution in [2.75, 3.05) is 0 Å². The van der Waals surface area contributed by atoms with Crippen molar-refractivity contribution >= 4 is 0 Å². The molecule has 10 aliphatic carbocycles. The summed E-state index contributed by atoms with van der Waals surface area (Å²) >= 11 is 0. The van der Waals surface area contributed by atoms with Gasteiger partial charge in [-0.1, -0.05) is 0 Å². The first kappa shape index (κ1) is 29.1. The first-order valence-electron chi connectivity index (χ1n) is 10.6. The van der Waals surface area contributed by atoms with E-state index >= 15 is 101 Å². The third kappa shape index (κ3) is 1.16. The molecule has 0 saturated heterocycles. The predicted molar refractivity (Wildman–Crippen MR) is 76.6 cm³/mol. The summed E-state index contributed by atoms with van der Waals surface area (Å²) in [5, 5.41) is 9.69. The second-order valence-electron chi connectivity index (χ2n) is 11.4. The van der Waals surface area contributed by atoms with E-state index in [0.717, 1.165) is 0 Å². The molecular weight excluding hydrogens is 669 g/mol. The monoisotopic (exact) mass is 670 g/mol. The molecule has 10 rings (SSSR count). The molecule has 0 aromatic heterocycles. The van der Waals surface area contributed by atoms with Crippen molar-refractivity contribution in [3.63, 3.8) is 0 Å². The average molecular weight is 670 g/mol. The quantitative estimate of drug-likeness (QED) is 0.332. The van der Waals surface area contributed by atoms with Crippen LogP contribution in [0.25, 0.3) is 0 Å². The van der Waals surface area contributed by atoms with E-state index in [1.165, 1.54) is 0 Å². The Labute approximate surface area is 211 Å². The third-order valence-corrected chi connectivity index (χ3v) is 11.0. The lowest BCUT2D eigenvalue weighted by Crippen LogP contribution is -3.28. The highest BCUT2D eigenvalue weighted by Gasteiger charge is 3.39. The Morgan fingerprint density at radius 2 is 0.429 bits per heavy atom. The van der Waals surface area contributed by atoms with Gasteiger partial charge in [-0.15, -0.1) is 0 Å². The van der Waals surface area contributed by atoms with Crippen LogP contribution in [0.3, 0.4) is 0 Å². The topological polar surface area (TPSA) is 20.2 Å². The van der Waals surface area contributed by atoms with Gasteiger partial charge in [0.15, 0.2) is 5.41 Å². The average Bonchev–Trinajstić information content (AvgIpc) is 2.82. The minimum Gasteiger partial charge on any atom is -0.373 e. The molecule has 10 saturated carbocycles. The van der Waals surface area contributed by atoms with Crippen molar-refractivity contribution in [1.82, 2.24) is 0 Å². The Hall–Kier alpha value is -1.65. The third-order valence-electron chi connectivity index (χ3n) is 11.0. The molecule has 0 heterocycles. The number of aliphatic hydroxyl groups is 1. The molecule has 6 unspecified atom stereocenters. The fraction of sp³-hybridized carbons (Fsp3) is 1.00. The van der Waals surface area contributed by atoms with Gasteiger partial charge in [-0.25, -0.2) is 57.1 Å². The van der Waals surface area contributed by atoms with E-state index in [9.17, 15) is 5.11 Å². The highest BCUT2D eigenvalue weighted by molar-refractivity contribution is 5.76. The fourth-order valence-corrected chi connectivity index (χ4v) is 9.75. The van der Waals surface area contributed by atoms with Crippen LogP contribution in [0.4, 0.5) is 101 Å². The summed E-state index contributed by atoms with van der Waals surface area (Å²) in [4.78, 5) is 0. The van der Waals surface area contributed by atoms with Gasteiger partial charge in [-0.05, 0) is 0 Å². The molecular formula is C18HF23O. The van der Waals surface area contributed by atoms with E-state index in [1.807, 2.05) is 0 Å². The van der Waals surface area contributed by atoms with Crippen LogP contribution in [-0.4, -0.2) is 103 Å². The fourth-order valence-electron chi connectivity index (χ4n) is 9.75. The highest BCUT2D eigenvalue weighted by Crippen LogP contribution is 3.07. The lowest BCUT2D eigenvalue weighted by Gasteiger charge is -2.94. The number of hydrogen-bond donors (Lipinski definition) is 1. The molecule has 0 radical (unpaired) electrons. The van der Waals surface area contributed by atoms with Crippen molar-refractivity contribution in [1.29, 1.82) is 0 Å². The van der Waals surface area contributed by atoms with E-state index < -0.39 is 103 Å². The molecule has 11 bridgehead atoms. The van der Waals surface area contributed by atoms with Crippen LogP contribution in [0.2, 0.25) is 0 Å². The zero-order valence-corrected chi connectivity index (χ0v) is 18.1. The maximum atomic E-state index is 16.7. The second kappa shape index (κ2) is 5.12. The Balaban J connectivity index is 1.98. The molecule has 42 heavy (non-hydrogen) atoms. The highest BCUT2D eigenvalue weighted by atomic mass is 19.3. The second-order valence-corrected chi connectivity index (χ2v) is 11.4. The Bertz CT molecular complexity index is 1300. The minimum atomic E-state index is -8.92. The lowest BCUT2D eigenvalue weighted by atomic mass is 9.11. The van der Waals surface area contributed by atoms with Gasteiger partial charge < -0.3 is 5.11 Å². The number of halogens is 23. The van der Waals surface area contributed by atoms with E-state index in [-0.39, 0.29) is 0 Å². The van der Waals surface area contributed by atoms with Crippen LogP contribution in [-0.2, 0) is 0 Å². The Kier molecular flexibility index (Phi) is 3.54. The van der Waals surface area contributed by atoms with Crippen LogP contribution in [0.5, 0.6) is 0 Å². The van der Waals surface area contributed by atoms with Gasteiger partial charge in [-0.2, -0.15) is 43.9 Å². The SMILES string of the molecule is OC12C(F)(F)C3(F)C4(F)C(F)(F)C5(F)C6(F)C(F)(F)C7(F)C(F)(F)C5(F)C(F)(C4(F)C1(F)F)C(C2(F)F)(C7(F)F)C36F. The van der Waals surface area contributed by atoms with E-state index in [4.69, 9.17) is 0 Å². The Morgan fingerprint density at radius 1 is 0.214 bits per heavy atom. The summed E-state index contributed by atoms with van der Waals surface area (Å²) in [6.45, 7) is 0. The normalized spacial score (nSPS) is 68.0. The molecule has 0 aromatic carbocycles. The minimum absolute atomic E-state index is 8.26. The van der Waals surface area contributed by atoms with Crippen molar-refractivity contribution in [3.05, 3.63) is 0 Å². The van der Waals surface area contributed by atoms with Gasteiger partial charge in [0.1, 0.15) is 0 Å². The van der Waals surface area contributed by atoms with Crippen molar-refractivity contribution in [3.8, 4) is 0 Å². The standard InChI is InChI=1S/C18HF23O/c19-2-1-3(20)5(22)8(25,4(2,21)15(34,35)10(27,12(1,28)29)16(5,36)37)14(32,33)9(26)6(2,23)17(38,39)11(42,13(1,30)31)18(40,41)7(3,9)24/h42H.